The van der Waals surface area contributed by atoms with Gasteiger partial charge in [-0.1, -0.05) is 49.4 Å². The van der Waals surface area contributed by atoms with Gasteiger partial charge >= 0.3 is 5.69 Å². The van der Waals surface area contributed by atoms with Gasteiger partial charge in [-0.3, -0.25) is 19.1 Å². The Labute approximate surface area is 185 Å². The van der Waals surface area contributed by atoms with Gasteiger partial charge in [0.25, 0.3) is 11.5 Å². The highest BCUT2D eigenvalue weighted by molar-refractivity contribution is 6.05. The number of amides is 1. The summed E-state index contributed by atoms with van der Waals surface area (Å²) in [5.74, 6) is 0.189. The normalized spacial score (nSPS) is 10.9. The summed E-state index contributed by atoms with van der Waals surface area (Å²) in [7, 11) is 1.57. The number of nitrogen functional groups attached to an aromatic ring is 1. The first-order valence-electron chi connectivity index (χ1n) is 10.2. The van der Waals surface area contributed by atoms with Crippen molar-refractivity contribution in [2.75, 3.05) is 24.3 Å². The maximum atomic E-state index is 13.0. The molecular weight excluding hydrogens is 408 g/mol. The summed E-state index contributed by atoms with van der Waals surface area (Å²) in [6.07, 6.45) is 3.60. The minimum absolute atomic E-state index is 0.0392. The standard InChI is InChI=1S/C24H26N4O4/c1-3-14-27(20(29)13-12-17-10-7-11-19(15-17)32-2)21-22(25)28(24(31)26-23(21)30)16-18-8-5-4-6-9-18/h4-13,15H,3,14,16,25H2,1-2H3,(H,26,30,31). The summed E-state index contributed by atoms with van der Waals surface area (Å²) in [5.41, 5.74) is 6.49. The van der Waals surface area contributed by atoms with E-state index in [1.54, 1.807) is 25.3 Å². The van der Waals surface area contributed by atoms with E-state index in [0.717, 1.165) is 11.1 Å². The van der Waals surface area contributed by atoms with Crippen LogP contribution in [0.25, 0.3) is 6.08 Å². The highest BCUT2D eigenvalue weighted by atomic mass is 16.5. The molecule has 0 radical (unpaired) electrons. The van der Waals surface area contributed by atoms with Gasteiger partial charge in [-0.25, -0.2) is 4.79 Å². The number of benzene rings is 2. The number of H-pyrrole nitrogens is 1. The zero-order valence-electron chi connectivity index (χ0n) is 18.1. The van der Waals surface area contributed by atoms with Gasteiger partial charge in [0, 0.05) is 12.6 Å². The van der Waals surface area contributed by atoms with Crippen molar-refractivity contribution in [3.05, 3.63) is 92.6 Å². The van der Waals surface area contributed by atoms with E-state index in [2.05, 4.69) is 4.98 Å². The Morgan fingerprint density at radius 1 is 1.16 bits per heavy atom. The van der Waals surface area contributed by atoms with Gasteiger partial charge in [0.05, 0.1) is 13.7 Å². The van der Waals surface area contributed by atoms with Crippen molar-refractivity contribution < 1.29 is 9.53 Å². The number of aromatic nitrogens is 2. The van der Waals surface area contributed by atoms with E-state index in [4.69, 9.17) is 10.5 Å². The molecule has 8 nitrogen and oxygen atoms in total. The van der Waals surface area contributed by atoms with E-state index in [0.29, 0.717) is 12.2 Å². The molecule has 0 atom stereocenters. The smallest absolute Gasteiger partial charge is 0.330 e. The lowest BCUT2D eigenvalue weighted by molar-refractivity contribution is -0.114. The second-order valence-corrected chi connectivity index (χ2v) is 7.16. The summed E-state index contributed by atoms with van der Waals surface area (Å²) >= 11 is 0. The molecule has 0 aliphatic rings. The summed E-state index contributed by atoms with van der Waals surface area (Å²) in [5, 5.41) is 0. The third-order valence-electron chi connectivity index (χ3n) is 4.89. The lowest BCUT2D eigenvalue weighted by Crippen LogP contribution is -2.41. The van der Waals surface area contributed by atoms with Gasteiger partial charge in [-0.15, -0.1) is 0 Å². The van der Waals surface area contributed by atoms with Crippen LogP contribution in [-0.4, -0.2) is 29.1 Å². The van der Waals surface area contributed by atoms with Crippen molar-refractivity contribution in [2.24, 2.45) is 0 Å². The molecule has 0 fully saturated rings. The minimum Gasteiger partial charge on any atom is -0.497 e. The number of ether oxygens (including phenoxy) is 1. The summed E-state index contributed by atoms with van der Waals surface area (Å²) < 4.78 is 6.46. The van der Waals surface area contributed by atoms with Gasteiger partial charge in [0.2, 0.25) is 0 Å². The Kier molecular flexibility index (Phi) is 7.28. The molecule has 0 saturated heterocycles. The molecule has 8 heteroatoms. The molecule has 0 aliphatic carbocycles. The fourth-order valence-electron chi connectivity index (χ4n) is 3.32. The van der Waals surface area contributed by atoms with Crippen molar-refractivity contribution >= 4 is 23.5 Å². The van der Waals surface area contributed by atoms with Crippen LogP contribution in [0.4, 0.5) is 11.5 Å². The molecular formula is C24H26N4O4. The van der Waals surface area contributed by atoms with E-state index >= 15 is 0 Å². The lowest BCUT2D eigenvalue weighted by Gasteiger charge is -2.23. The lowest BCUT2D eigenvalue weighted by atomic mass is 10.2. The van der Waals surface area contributed by atoms with Crippen LogP contribution >= 0.6 is 0 Å². The van der Waals surface area contributed by atoms with E-state index in [-0.39, 0.29) is 24.6 Å². The Morgan fingerprint density at radius 3 is 2.59 bits per heavy atom. The fourth-order valence-corrected chi connectivity index (χ4v) is 3.32. The van der Waals surface area contributed by atoms with Crippen molar-refractivity contribution in [1.82, 2.24) is 9.55 Å². The molecule has 3 rings (SSSR count). The number of carbonyl (C=O) groups is 1. The molecule has 3 aromatic rings. The van der Waals surface area contributed by atoms with Crippen LogP contribution in [0.15, 0.2) is 70.3 Å². The fraction of sp³-hybridized carbons (Fsp3) is 0.208. The first kappa shape index (κ1) is 22.6. The van der Waals surface area contributed by atoms with Crippen LogP contribution < -0.4 is 26.6 Å². The van der Waals surface area contributed by atoms with E-state index in [9.17, 15) is 14.4 Å². The number of rotatable bonds is 8. The number of carbonyl (C=O) groups excluding carboxylic acids is 1. The van der Waals surface area contributed by atoms with Crippen molar-refractivity contribution in [1.29, 1.82) is 0 Å². The van der Waals surface area contributed by atoms with Crippen molar-refractivity contribution in [2.45, 2.75) is 19.9 Å². The number of methoxy groups -OCH3 is 1. The average molecular weight is 434 g/mol. The quantitative estimate of drug-likeness (QED) is 0.530. The Bertz CT molecular complexity index is 1230. The number of anilines is 2. The molecule has 3 N–H and O–H groups in total. The van der Waals surface area contributed by atoms with Gasteiger partial charge in [0.15, 0.2) is 5.69 Å². The molecule has 0 saturated carbocycles. The largest absolute Gasteiger partial charge is 0.497 e. The SMILES string of the molecule is CCCN(C(=O)C=Cc1cccc(OC)c1)c1c(N)n(Cc2ccccc2)c(=O)[nH]c1=O. The topological polar surface area (TPSA) is 110 Å². The zero-order chi connectivity index (χ0) is 23.1. The summed E-state index contributed by atoms with van der Waals surface area (Å²) in [4.78, 5) is 41.7. The average Bonchev–Trinajstić information content (AvgIpc) is 2.80. The third kappa shape index (κ3) is 5.15. The van der Waals surface area contributed by atoms with Gasteiger partial charge < -0.3 is 15.4 Å². The molecule has 1 heterocycles. The van der Waals surface area contributed by atoms with Crippen LogP contribution in [0.3, 0.4) is 0 Å². The van der Waals surface area contributed by atoms with E-state index < -0.39 is 17.2 Å². The maximum absolute atomic E-state index is 13.0. The van der Waals surface area contributed by atoms with E-state index in [1.807, 2.05) is 49.4 Å². The molecule has 0 unspecified atom stereocenters. The summed E-state index contributed by atoms with van der Waals surface area (Å²) in [6.45, 7) is 2.32. The number of aromatic amines is 1. The summed E-state index contributed by atoms with van der Waals surface area (Å²) in [6, 6.07) is 16.5. The molecule has 32 heavy (non-hydrogen) atoms. The number of nitrogens with two attached hydrogens (primary N) is 1. The number of nitrogens with one attached hydrogen (secondary N) is 1. The predicted octanol–water partition coefficient (Wildman–Crippen LogP) is 2.63. The molecule has 0 spiro atoms. The molecule has 166 valence electrons. The van der Waals surface area contributed by atoms with Crippen molar-refractivity contribution in [3.63, 3.8) is 0 Å². The van der Waals surface area contributed by atoms with Crippen LogP contribution in [0.2, 0.25) is 0 Å². The maximum Gasteiger partial charge on any atom is 0.330 e. The monoisotopic (exact) mass is 434 g/mol. The third-order valence-corrected chi connectivity index (χ3v) is 4.89. The number of hydrogen-bond acceptors (Lipinski definition) is 5. The second-order valence-electron chi connectivity index (χ2n) is 7.16. The Balaban J connectivity index is 1.98. The van der Waals surface area contributed by atoms with Crippen LogP contribution in [0, 0.1) is 0 Å². The van der Waals surface area contributed by atoms with Gasteiger partial charge in [-0.05, 0) is 35.8 Å². The zero-order valence-corrected chi connectivity index (χ0v) is 18.1. The molecule has 1 aromatic heterocycles. The molecule has 0 bridgehead atoms. The number of hydrogen-bond donors (Lipinski definition) is 2. The first-order valence-corrected chi connectivity index (χ1v) is 10.2. The Hall–Kier alpha value is -4.07. The van der Waals surface area contributed by atoms with Gasteiger partial charge in [0.1, 0.15) is 11.6 Å². The molecule has 1 amide bonds. The Morgan fingerprint density at radius 2 is 1.91 bits per heavy atom. The molecule has 2 aromatic carbocycles. The minimum atomic E-state index is -0.701. The highest BCUT2D eigenvalue weighted by Gasteiger charge is 2.22. The van der Waals surface area contributed by atoms with E-state index in [1.165, 1.54) is 15.5 Å². The van der Waals surface area contributed by atoms with Crippen LogP contribution in [-0.2, 0) is 11.3 Å². The molecule has 0 aliphatic heterocycles. The first-order chi connectivity index (χ1) is 15.4. The van der Waals surface area contributed by atoms with Gasteiger partial charge in [-0.2, -0.15) is 0 Å². The number of nitrogens with zero attached hydrogens (tertiary/aromatic N) is 2. The highest BCUT2D eigenvalue weighted by Crippen LogP contribution is 2.19. The predicted molar refractivity (Wildman–Crippen MR) is 126 cm³/mol. The second kappa shape index (κ2) is 10.3. The van der Waals surface area contributed by atoms with Crippen LogP contribution in [0.5, 0.6) is 5.75 Å². The van der Waals surface area contributed by atoms with Crippen LogP contribution in [0.1, 0.15) is 24.5 Å². The van der Waals surface area contributed by atoms with Crippen molar-refractivity contribution in [3.8, 4) is 5.75 Å².